The summed E-state index contributed by atoms with van der Waals surface area (Å²) in [4.78, 5) is 25.2. The number of hydrogen-bond donors (Lipinski definition) is 1. The molecule has 3 aromatic carbocycles. The van der Waals surface area contributed by atoms with Gasteiger partial charge in [0.05, 0.1) is 29.3 Å². The Kier molecular flexibility index (Phi) is 6.56. The van der Waals surface area contributed by atoms with Crippen molar-refractivity contribution in [2.45, 2.75) is 24.8 Å². The molecule has 176 valence electrons. The van der Waals surface area contributed by atoms with Gasteiger partial charge in [-0.1, -0.05) is 30.3 Å². The second-order valence-electron chi connectivity index (χ2n) is 7.66. The van der Waals surface area contributed by atoms with Gasteiger partial charge in [-0.3, -0.25) is 9.10 Å². The number of aryl methyl sites for hydroxylation is 1. The number of nitrogens with one attached hydrogen (secondary N) is 1. The third kappa shape index (κ3) is 4.60. The average molecular weight is 481 g/mol. The fraction of sp³-hybridized carbons (Fsp3) is 0.200. The molecular formula is C25H24N2O6S. The summed E-state index contributed by atoms with van der Waals surface area (Å²) in [7, 11) is -3.92. The Balaban J connectivity index is 1.60. The topological polar surface area (TPSA) is 102 Å². The van der Waals surface area contributed by atoms with Crippen LogP contribution in [0.1, 0.15) is 22.8 Å². The Bertz CT molecular complexity index is 1320. The van der Waals surface area contributed by atoms with Crippen molar-refractivity contribution in [1.82, 2.24) is 0 Å². The second-order valence-corrected chi connectivity index (χ2v) is 9.53. The van der Waals surface area contributed by atoms with Crippen LogP contribution < -0.4 is 14.4 Å². The minimum absolute atomic E-state index is 0.122. The molecule has 1 atom stereocenters. The summed E-state index contributed by atoms with van der Waals surface area (Å²) >= 11 is 0. The molecule has 8 nitrogen and oxygen atoms in total. The van der Waals surface area contributed by atoms with E-state index in [9.17, 15) is 18.0 Å². The summed E-state index contributed by atoms with van der Waals surface area (Å²) in [5.74, 6) is -0.657. The molecule has 0 radical (unpaired) electrons. The number of rotatable bonds is 6. The van der Waals surface area contributed by atoms with Gasteiger partial charge in [-0.25, -0.2) is 13.2 Å². The number of carbonyl (C=O) groups is 2. The zero-order valence-electron chi connectivity index (χ0n) is 18.7. The van der Waals surface area contributed by atoms with E-state index in [2.05, 4.69) is 5.32 Å². The van der Waals surface area contributed by atoms with Crippen LogP contribution in [0.5, 0.6) is 5.75 Å². The maximum absolute atomic E-state index is 13.4. The van der Waals surface area contributed by atoms with Gasteiger partial charge in [0.25, 0.3) is 15.9 Å². The highest BCUT2D eigenvalue weighted by atomic mass is 32.2. The largest absolute Gasteiger partial charge is 0.476 e. The molecule has 9 heteroatoms. The Hall–Kier alpha value is -3.85. The molecule has 0 spiro atoms. The van der Waals surface area contributed by atoms with Gasteiger partial charge in [0, 0.05) is 5.69 Å². The molecule has 1 N–H and O–H groups in total. The van der Waals surface area contributed by atoms with Crippen molar-refractivity contribution in [2.24, 2.45) is 0 Å². The molecule has 1 amide bonds. The maximum Gasteiger partial charge on any atom is 0.338 e. The number of carbonyl (C=O) groups excluding carboxylic acids is 2. The van der Waals surface area contributed by atoms with Crippen molar-refractivity contribution in [3.8, 4) is 5.75 Å². The van der Waals surface area contributed by atoms with Gasteiger partial charge in [-0.05, 0) is 61.9 Å². The number of fused-ring (bicyclic) bond motifs is 1. The van der Waals surface area contributed by atoms with Gasteiger partial charge in [0.1, 0.15) is 5.75 Å². The van der Waals surface area contributed by atoms with Gasteiger partial charge < -0.3 is 14.8 Å². The standard InChI is InChI=1S/C25H24N2O6S/c1-3-32-25(29)18-13-14-20(17(2)15-18)26-24(28)23-16-27(21-11-7-8-12-22(21)33-23)34(30,31)19-9-5-4-6-10-19/h4-15,23H,3,16H2,1-2H3,(H,26,28). The van der Waals surface area contributed by atoms with E-state index >= 15 is 0 Å². The number of nitrogens with zero attached hydrogens (tertiary/aromatic N) is 1. The van der Waals surface area contributed by atoms with E-state index in [0.29, 0.717) is 28.3 Å². The van der Waals surface area contributed by atoms with Gasteiger partial charge in [0.2, 0.25) is 0 Å². The number of sulfonamides is 1. The zero-order chi connectivity index (χ0) is 24.3. The van der Waals surface area contributed by atoms with E-state index in [-0.39, 0.29) is 18.0 Å². The highest BCUT2D eigenvalue weighted by Crippen LogP contribution is 2.37. The summed E-state index contributed by atoms with van der Waals surface area (Å²) < 4.78 is 38.8. The third-order valence-corrected chi connectivity index (χ3v) is 7.15. The van der Waals surface area contributed by atoms with Crippen LogP contribution in [0, 0.1) is 6.92 Å². The molecule has 1 aliphatic rings. The Morgan fingerprint density at radius 1 is 1.06 bits per heavy atom. The van der Waals surface area contributed by atoms with Gasteiger partial charge >= 0.3 is 5.97 Å². The highest BCUT2D eigenvalue weighted by Gasteiger charge is 2.37. The van der Waals surface area contributed by atoms with Gasteiger partial charge in [0.15, 0.2) is 6.10 Å². The summed E-state index contributed by atoms with van der Waals surface area (Å²) in [6, 6.07) is 19.5. The van der Waals surface area contributed by atoms with Crippen LogP contribution >= 0.6 is 0 Å². The molecule has 0 aliphatic carbocycles. The molecule has 0 aromatic heterocycles. The summed E-state index contributed by atoms with van der Waals surface area (Å²) in [6.07, 6.45) is -1.09. The van der Waals surface area contributed by atoms with Crippen molar-refractivity contribution in [3.63, 3.8) is 0 Å². The lowest BCUT2D eigenvalue weighted by molar-refractivity contribution is -0.122. The second kappa shape index (κ2) is 9.56. The molecule has 0 saturated carbocycles. The van der Waals surface area contributed by atoms with Crippen molar-refractivity contribution in [3.05, 3.63) is 83.9 Å². The summed E-state index contributed by atoms with van der Waals surface area (Å²) in [6.45, 7) is 3.55. The normalized spacial score (nSPS) is 15.1. The van der Waals surface area contributed by atoms with E-state index in [1.54, 1.807) is 74.5 Å². The molecule has 4 rings (SSSR count). The molecule has 0 fully saturated rings. The lowest BCUT2D eigenvalue weighted by Crippen LogP contribution is -2.48. The number of anilines is 2. The van der Waals surface area contributed by atoms with E-state index in [0.717, 1.165) is 0 Å². The monoisotopic (exact) mass is 480 g/mol. The Morgan fingerprint density at radius 2 is 1.76 bits per heavy atom. The van der Waals surface area contributed by atoms with Crippen molar-refractivity contribution in [1.29, 1.82) is 0 Å². The number of hydrogen-bond acceptors (Lipinski definition) is 6. The molecule has 3 aromatic rings. The van der Waals surface area contributed by atoms with Crippen LogP contribution in [0.2, 0.25) is 0 Å². The predicted molar refractivity (Wildman–Crippen MR) is 128 cm³/mol. The predicted octanol–water partition coefficient (Wildman–Crippen LogP) is 3.77. The SMILES string of the molecule is CCOC(=O)c1ccc(NC(=O)C2CN(S(=O)(=O)c3ccccc3)c3ccccc3O2)c(C)c1. The van der Waals surface area contributed by atoms with Crippen LogP contribution in [-0.4, -0.2) is 39.5 Å². The van der Waals surface area contributed by atoms with E-state index in [1.165, 1.54) is 16.4 Å². The van der Waals surface area contributed by atoms with Crippen LogP contribution in [0.25, 0.3) is 0 Å². The van der Waals surface area contributed by atoms with Crippen LogP contribution in [-0.2, 0) is 19.6 Å². The van der Waals surface area contributed by atoms with Crippen molar-refractivity contribution in [2.75, 3.05) is 22.8 Å². The fourth-order valence-corrected chi connectivity index (χ4v) is 5.14. The quantitative estimate of drug-likeness (QED) is 0.539. The molecular weight excluding hydrogens is 456 g/mol. The first kappa shape index (κ1) is 23.3. The number of benzene rings is 3. The number of amides is 1. The van der Waals surface area contributed by atoms with Crippen LogP contribution in [0.3, 0.4) is 0 Å². The fourth-order valence-electron chi connectivity index (χ4n) is 3.64. The molecule has 1 aliphatic heterocycles. The van der Waals surface area contributed by atoms with E-state index in [4.69, 9.17) is 9.47 Å². The van der Waals surface area contributed by atoms with Crippen LogP contribution in [0.15, 0.2) is 77.7 Å². The first-order valence-corrected chi connectivity index (χ1v) is 12.2. The summed E-state index contributed by atoms with van der Waals surface area (Å²) in [5, 5.41) is 2.78. The lowest BCUT2D eigenvalue weighted by atomic mass is 10.1. The summed E-state index contributed by atoms with van der Waals surface area (Å²) in [5.41, 5.74) is 1.88. The van der Waals surface area contributed by atoms with Gasteiger partial charge in [-0.2, -0.15) is 0 Å². The Labute approximate surface area is 198 Å². The minimum atomic E-state index is -3.92. The zero-order valence-corrected chi connectivity index (χ0v) is 19.5. The van der Waals surface area contributed by atoms with E-state index in [1.807, 2.05) is 0 Å². The minimum Gasteiger partial charge on any atom is -0.476 e. The first-order valence-electron chi connectivity index (χ1n) is 10.7. The number of ether oxygens (including phenoxy) is 2. The van der Waals surface area contributed by atoms with Crippen LogP contribution in [0.4, 0.5) is 11.4 Å². The highest BCUT2D eigenvalue weighted by molar-refractivity contribution is 7.92. The van der Waals surface area contributed by atoms with Crippen molar-refractivity contribution < 1.29 is 27.5 Å². The van der Waals surface area contributed by atoms with E-state index < -0.39 is 28.0 Å². The number of para-hydroxylation sites is 2. The molecule has 0 saturated heterocycles. The third-order valence-electron chi connectivity index (χ3n) is 5.35. The van der Waals surface area contributed by atoms with Crippen molar-refractivity contribution >= 4 is 33.3 Å². The maximum atomic E-state index is 13.4. The Morgan fingerprint density at radius 3 is 2.47 bits per heavy atom. The molecule has 0 bridgehead atoms. The average Bonchev–Trinajstić information content (AvgIpc) is 2.85. The van der Waals surface area contributed by atoms with Gasteiger partial charge in [-0.15, -0.1) is 0 Å². The smallest absolute Gasteiger partial charge is 0.338 e. The number of esters is 1. The lowest BCUT2D eigenvalue weighted by Gasteiger charge is -2.34. The molecule has 1 unspecified atom stereocenters. The first-order chi connectivity index (χ1) is 16.3. The molecule has 34 heavy (non-hydrogen) atoms. The molecule has 1 heterocycles.